The van der Waals surface area contributed by atoms with Crippen LogP contribution < -0.4 is 0 Å². The van der Waals surface area contributed by atoms with Gasteiger partial charge >= 0.3 is 0 Å². The van der Waals surface area contributed by atoms with Crippen LogP contribution in [0.25, 0.3) is 0 Å². The zero-order chi connectivity index (χ0) is 11.0. The van der Waals surface area contributed by atoms with Gasteiger partial charge in [0, 0.05) is 11.8 Å². The van der Waals surface area contributed by atoms with Crippen LogP contribution >= 0.6 is 0 Å². The minimum Gasteiger partial charge on any atom is -0.298 e. The summed E-state index contributed by atoms with van der Waals surface area (Å²) in [7, 11) is -2.86. The van der Waals surface area contributed by atoms with E-state index in [9.17, 15) is 8.42 Å². The number of hydrogen-bond donors (Lipinski definition) is 0. The normalized spacial score (nSPS) is 29.0. The van der Waals surface area contributed by atoms with E-state index in [-0.39, 0.29) is 10.8 Å². The van der Waals surface area contributed by atoms with Crippen molar-refractivity contribution >= 4 is 9.84 Å². The van der Waals surface area contributed by atoms with Crippen LogP contribution in [0.3, 0.4) is 0 Å². The molecule has 0 aromatic heterocycles. The van der Waals surface area contributed by atoms with E-state index in [1.807, 2.05) is 0 Å². The van der Waals surface area contributed by atoms with Crippen LogP contribution in [0.5, 0.6) is 0 Å². The van der Waals surface area contributed by atoms with Gasteiger partial charge in [0.1, 0.15) is 9.84 Å². The Hall–Kier alpha value is -0.0900. The first-order valence-corrected chi connectivity index (χ1v) is 7.17. The van der Waals surface area contributed by atoms with Gasteiger partial charge in [-0.3, -0.25) is 4.90 Å². The van der Waals surface area contributed by atoms with Crippen molar-refractivity contribution < 1.29 is 8.42 Å². The average molecular weight is 219 g/mol. The van der Waals surface area contributed by atoms with Crippen molar-refractivity contribution in [3.63, 3.8) is 0 Å². The van der Waals surface area contributed by atoms with Gasteiger partial charge < -0.3 is 0 Å². The largest absolute Gasteiger partial charge is 0.298 e. The predicted octanol–water partition coefficient (Wildman–Crippen LogP) is 1.29. The lowest BCUT2D eigenvalue weighted by molar-refractivity contribution is 0.0852. The molecule has 1 aliphatic heterocycles. The van der Waals surface area contributed by atoms with Crippen molar-refractivity contribution in [2.24, 2.45) is 0 Å². The van der Waals surface area contributed by atoms with Gasteiger partial charge in [-0.15, -0.1) is 0 Å². The monoisotopic (exact) mass is 219 g/mol. The first-order valence-electron chi connectivity index (χ1n) is 5.21. The van der Waals surface area contributed by atoms with E-state index in [2.05, 4.69) is 25.7 Å². The molecule has 1 fully saturated rings. The second-order valence-electron chi connectivity index (χ2n) is 4.84. The molecule has 3 nitrogen and oxygen atoms in total. The van der Waals surface area contributed by atoms with E-state index in [0.717, 1.165) is 25.9 Å². The molecule has 0 N–H and O–H groups in total. The highest BCUT2D eigenvalue weighted by Crippen LogP contribution is 2.30. The molecular formula is C10H21NO2S. The lowest BCUT2D eigenvalue weighted by Crippen LogP contribution is -2.52. The number of nitrogens with zero attached hydrogens (tertiary/aromatic N) is 1. The lowest BCUT2D eigenvalue weighted by Gasteiger charge is -2.44. The molecule has 0 aromatic rings. The number of likely N-dealkylation sites (tertiary alicyclic amines) is 1. The molecule has 4 heteroatoms. The van der Waals surface area contributed by atoms with Crippen molar-refractivity contribution in [2.75, 3.05) is 19.3 Å². The van der Waals surface area contributed by atoms with Crippen molar-refractivity contribution in [1.29, 1.82) is 0 Å². The maximum atomic E-state index is 11.5. The molecule has 84 valence electrons. The van der Waals surface area contributed by atoms with Crippen molar-refractivity contribution in [3.05, 3.63) is 0 Å². The maximum absolute atomic E-state index is 11.5. The van der Waals surface area contributed by atoms with Gasteiger partial charge in [0.2, 0.25) is 0 Å². The SMILES string of the molecule is CCN1CCC(S(C)(=O)=O)CC1(C)C. The van der Waals surface area contributed by atoms with E-state index >= 15 is 0 Å². The summed E-state index contributed by atoms with van der Waals surface area (Å²) in [5.74, 6) is 0. The van der Waals surface area contributed by atoms with Crippen molar-refractivity contribution in [3.8, 4) is 0 Å². The molecule has 0 radical (unpaired) electrons. The van der Waals surface area contributed by atoms with Crippen LogP contribution in [-0.4, -0.2) is 43.5 Å². The zero-order valence-corrected chi connectivity index (χ0v) is 10.4. The van der Waals surface area contributed by atoms with Gasteiger partial charge in [-0.05, 0) is 39.8 Å². The van der Waals surface area contributed by atoms with Gasteiger partial charge in [-0.2, -0.15) is 0 Å². The van der Waals surface area contributed by atoms with Crippen molar-refractivity contribution in [2.45, 2.75) is 44.4 Å². The highest BCUT2D eigenvalue weighted by Gasteiger charge is 2.37. The van der Waals surface area contributed by atoms with Gasteiger partial charge in [0.25, 0.3) is 0 Å². The van der Waals surface area contributed by atoms with E-state index in [1.165, 1.54) is 6.26 Å². The van der Waals surface area contributed by atoms with Gasteiger partial charge in [0.15, 0.2) is 0 Å². The smallest absolute Gasteiger partial charge is 0.150 e. The maximum Gasteiger partial charge on any atom is 0.150 e. The molecule has 14 heavy (non-hydrogen) atoms. The molecule has 0 spiro atoms. The number of piperidine rings is 1. The summed E-state index contributed by atoms with van der Waals surface area (Å²) in [6, 6.07) is 0. The summed E-state index contributed by atoms with van der Waals surface area (Å²) in [6.07, 6.45) is 2.91. The highest BCUT2D eigenvalue weighted by molar-refractivity contribution is 7.91. The third kappa shape index (κ3) is 2.48. The van der Waals surface area contributed by atoms with Gasteiger partial charge in [-0.1, -0.05) is 6.92 Å². The quantitative estimate of drug-likeness (QED) is 0.702. The Morgan fingerprint density at radius 2 is 2.00 bits per heavy atom. The second-order valence-corrected chi connectivity index (χ2v) is 7.16. The molecule has 0 bridgehead atoms. The summed E-state index contributed by atoms with van der Waals surface area (Å²) in [4.78, 5) is 2.36. The summed E-state index contributed by atoms with van der Waals surface area (Å²) in [5, 5.41) is -0.139. The molecular weight excluding hydrogens is 198 g/mol. The molecule has 1 unspecified atom stereocenters. The fourth-order valence-corrected chi connectivity index (χ4v) is 3.59. The van der Waals surface area contributed by atoms with Crippen LogP contribution in [-0.2, 0) is 9.84 Å². The highest BCUT2D eigenvalue weighted by atomic mass is 32.2. The van der Waals surface area contributed by atoms with Crippen LogP contribution in [0.15, 0.2) is 0 Å². The molecule has 1 atom stereocenters. The summed E-state index contributed by atoms with van der Waals surface area (Å²) in [5.41, 5.74) is 0.0285. The fourth-order valence-electron chi connectivity index (χ4n) is 2.34. The predicted molar refractivity (Wildman–Crippen MR) is 59.2 cm³/mol. The summed E-state index contributed by atoms with van der Waals surface area (Å²) in [6.45, 7) is 8.30. The molecule has 0 saturated carbocycles. The molecule has 1 saturated heterocycles. The third-order valence-corrected chi connectivity index (χ3v) is 4.90. The standard InChI is InChI=1S/C10H21NO2S/c1-5-11-7-6-9(14(4,12)13)8-10(11,2)3/h9H,5-8H2,1-4H3. The van der Waals surface area contributed by atoms with E-state index < -0.39 is 9.84 Å². The molecule has 0 aromatic carbocycles. The molecule has 1 aliphatic rings. The van der Waals surface area contributed by atoms with Gasteiger partial charge in [-0.25, -0.2) is 8.42 Å². The second kappa shape index (κ2) is 3.81. The number of sulfone groups is 1. The minimum absolute atomic E-state index is 0.0285. The fraction of sp³-hybridized carbons (Fsp3) is 1.00. The van der Waals surface area contributed by atoms with E-state index in [1.54, 1.807) is 0 Å². The van der Waals surface area contributed by atoms with Crippen LogP contribution in [0.2, 0.25) is 0 Å². The van der Waals surface area contributed by atoms with E-state index in [4.69, 9.17) is 0 Å². The van der Waals surface area contributed by atoms with Crippen LogP contribution in [0.4, 0.5) is 0 Å². The Labute approximate surface area is 87.4 Å². The molecule has 1 heterocycles. The number of hydrogen-bond acceptors (Lipinski definition) is 3. The third-order valence-electron chi connectivity index (χ3n) is 3.29. The zero-order valence-electron chi connectivity index (χ0n) is 9.58. The molecule has 0 amide bonds. The minimum atomic E-state index is -2.86. The van der Waals surface area contributed by atoms with Crippen LogP contribution in [0.1, 0.15) is 33.6 Å². The Balaban J connectivity index is 2.77. The topological polar surface area (TPSA) is 37.4 Å². The lowest BCUT2D eigenvalue weighted by atomic mass is 9.90. The Morgan fingerprint density at radius 1 is 1.43 bits per heavy atom. The Bertz CT molecular complexity index is 295. The van der Waals surface area contributed by atoms with E-state index in [0.29, 0.717) is 0 Å². The van der Waals surface area contributed by atoms with Crippen LogP contribution in [0, 0.1) is 0 Å². The summed E-state index contributed by atoms with van der Waals surface area (Å²) >= 11 is 0. The number of rotatable bonds is 2. The first kappa shape index (κ1) is 12.0. The van der Waals surface area contributed by atoms with Crippen molar-refractivity contribution in [1.82, 2.24) is 4.90 Å². The molecule has 0 aliphatic carbocycles. The average Bonchev–Trinajstić information content (AvgIpc) is 2.00. The summed E-state index contributed by atoms with van der Waals surface area (Å²) < 4.78 is 22.9. The Kier molecular flexibility index (Phi) is 3.26. The molecule has 1 rings (SSSR count). The first-order chi connectivity index (χ1) is 6.27. The Morgan fingerprint density at radius 3 is 2.36 bits per heavy atom. The van der Waals surface area contributed by atoms with Gasteiger partial charge in [0.05, 0.1) is 5.25 Å².